The molecule has 0 unspecified atom stereocenters. The number of carbonyl (C=O) groups is 2. The number of rotatable bonds is 8. The molecule has 0 fully saturated rings. The van der Waals surface area contributed by atoms with E-state index < -0.39 is 12.1 Å². The minimum Gasteiger partial charge on any atom is -0.445 e. The van der Waals surface area contributed by atoms with Crippen LogP contribution in [0.1, 0.15) is 31.7 Å². The molecule has 0 saturated heterocycles. The third-order valence-electron chi connectivity index (χ3n) is 3.71. The molecular weight excluding hydrogens is 316 g/mol. The fraction of sp³-hybridized carbons (Fsp3) is 0.300. The van der Waals surface area contributed by atoms with Crippen LogP contribution in [-0.4, -0.2) is 18.0 Å². The van der Waals surface area contributed by atoms with E-state index in [9.17, 15) is 9.59 Å². The van der Waals surface area contributed by atoms with E-state index in [0.29, 0.717) is 12.1 Å². The highest BCUT2D eigenvalue weighted by Gasteiger charge is 2.21. The van der Waals surface area contributed by atoms with Crippen LogP contribution in [0.25, 0.3) is 0 Å². The summed E-state index contributed by atoms with van der Waals surface area (Å²) in [4.78, 5) is 24.5. The van der Waals surface area contributed by atoms with E-state index in [1.807, 2.05) is 67.6 Å². The molecule has 2 rings (SSSR count). The second-order valence-electron chi connectivity index (χ2n) is 5.76. The largest absolute Gasteiger partial charge is 0.445 e. The Bertz CT molecular complexity index is 659. The molecule has 2 aromatic carbocycles. The van der Waals surface area contributed by atoms with E-state index in [1.54, 1.807) is 0 Å². The first-order chi connectivity index (χ1) is 12.2. The Hall–Kier alpha value is -2.82. The predicted octanol–water partition coefficient (Wildman–Crippen LogP) is 4.11. The van der Waals surface area contributed by atoms with Crippen molar-refractivity contribution in [3.05, 3.63) is 66.2 Å². The molecule has 2 N–H and O–H groups in total. The van der Waals surface area contributed by atoms with E-state index in [0.717, 1.165) is 18.4 Å². The highest BCUT2D eigenvalue weighted by atomic mass is 16.5. The summed E-state index contributed by atoms with van der Waals surface area (Å²) in [5, 5.41) is 5.49. The number of hydrogen-bond donors (Lipinski definition) is 2. The molecule has 25 heavy (non-hydrogen) atoms. The van der Waals surface area contributed by atoms with Crippen molar-refractivity contribution in [2.75, 3.05) is 5.32 Å². The van der Waals surface area contributed by atoms with Gasteiger partial charge in [-0.2, -0.15) is 0 Å². The maximum absolute atomic E-state index is 12.4. The summed E-state index contributed by atoms with van der Waals surface area (Å²) in [5.41, 5.74) is 1.60. The van der Waals surface area contributed by atoms with E-state index in [2.05, 4.69) is 10.6 Å². The Kier molecular flexibility index (Phi) is 7.50. The molecule has 0 aromatic heterocycles. The Morgan fingerprint density at radius 2 is 1.64 bits per heavy atom. The van der Waals surface area contributed by atoms with E-state index in [1.165, 1.54) is 0 Å². The molecule has 0 radical (unpaired) electrons. The number of hydrogen-bond acceptors (Lipinski definition) is 3. The van der Waals surface area contributed by atoms with Crippen molar-refractivity contribution in [3.63, 3.8) is 0 Å². The van der Waals surface area contributed by atoms with Crippen LogP contribution >= 0.6 is 0 Å². The first-order valence-electron chi connectivity index (χ1n) is 8.52. The van der Waals surface area contributed by atoms with Gasteiger partial charge in [0.25, 0.3) is 0 Å². The SMILES string of the molecule is CCCC[C@H](NC(=O)OCc1ccccc1)C(=O)Nc1ccccc1. The van der Waals surface area contributed by atoms with E-state index in [4.69, 9.17) is 4.74 Å². The molecule has 132 valence electrons. The predicted molar refractivity (Wildman–Crippen MR) is 98.1 cm³/mol. The lowest BCUT2D eigenvalue weighted by atomic mass is 10.1. The van der Waals surface area contributed by atoms with Gasteiger partial charge in [-0.3, -0.25) is 4.79 Å². The van der Waals surface area contributed by atoms with Gasteiger partial charge in [-0.25, -0.2) is 4.79 Å². The molecule has 0 aliphatic rings. The molecule has 2 aromatic rings. The van der Waals surface area contributed by atoms with Crippen molar-refractivity contribution >= 4 is 17.7 Å². The Balaban J connectivity index is 1.89. The van der Waals surface area contributed by atoms with Gasteiger partial charge in [0, 0.05) is 5.69 Å². The number of alkyl carbamates (subject to hydrolysis) is 1. The lowest BCUT2D eigenvalue weighted by molar-refractivity contribution is -0.118. The topological polar surface area (TPSA) is 67.4 Å². The highest BCUT2D eigenvalue weighted by Crippen LogP contribution is 2.09. The number of unbranched alkanes of at least 4 members (excludes halogenated alkanes) is 1. The molecule has 0 heterocycles. The summed E-state index contributed by atoms with van der Waals surface area (Å²) in [5.74, 6) is -0.240. The average Bonchev–Trinajstić information content (AvgIpc) is 2.65. The molecule has 0 aliphatic heterocycles. The molecule has 5 nitrogen and oxygen atoms in total. The summed E-state index contributed by atoms with van der Waals surface area (Å²) in [6, 6.07) is 18.0. The standard InChI is InChI=1S/C20H24N2O3/c1-2-3-14-18(19(23)21-17-12-8-5-9-13-17)22-20(24)25-15-16-10-6-4-7-11-16/h4-13,18H,2-3,14-15H2,1H3,(H,21,23)(H,22,24)/t18-/m0/s1. The Labute approximate surface area is 148 Å². The lowest BCUT2D eigenvalue weighted by Gasteiger charge is -2.18. The van der Waals surface area contributed by atoms with Crippen LogP contribution in [0, 0.1) is 0 Å². The van der Waals surface area contributed by atoms with Crippen molar-refractivity contribution in [1.29, 1.82) is 0 Å². The van der Waals surface area contributed by atoms with Gasteiger partial charge in [0.2, 0.25) is 5.91 Å². The summed E-state index contributed by atoms with van der Waals surface area (Å²) in [7, 11) is 0. The van der Waals surface area contributed by atoms with Gasteiger partial charge in [-0.15, -0.1) is 0 Å². The lowest BCUT2D eigenvalue weighted by Crippen LogP contribution is -2.44. The normalized spacial score (nSPS) is 11.4. The monoisotopic (exact) mass is 340 g/mol. The molecule has 5 heteroatoms. The van der Waals surface area contributed by atoms with Gasteiger partial charge in [-0.05, 0) is 24.1 Å². The first kappa shape index (κ1) is 18.5. The average molecular weight is 340 g/mol. The molecule has 0 spiro atoms. The van der Waals surface area contributed by atoms with Crippen molar-refractivity contribution in [3.8, 4) is 0 Å². The third kappa shape index (κ3) is 6.67. The van der Waals surface area contributed by atoms with Gasteiger partial charge in [0.15, 0.2) is 0 Å². The number of ether oxygens (including phenoxy) is 1. The summed E-state index contributed by atoms with van der Waals surface area (Å²) < 4.78 is 5.21. The van der Waals surface area contributed by atoms with Crippen LogP contribution in [-0.2, 0) is 16.1 Å². The van der Waals surface area contributed by atoms with Crippen LogP contribution in [0.5, 0.6) is 0 Å². The van der Waals surface area contributed by atoms with E-state index in [-0.39, 0.29) is 12.5 Å². The zero-order chi connectivity index (χ0) is 17.9. The quantitative estimate of drug-likeness (QED) is 0.760. The third-order valence-corrected chi connectivity index (χ3v) is 3.71. The van der Waals surface area contributed by atoms with Crippen LogP contribution < -0.4 is 10.6 Å². The molecule has 2 amide bonds. The minimum absolute atomic E-state index is 0.174. The molecule has 1 atom stereocenters. The zero-order valence-corrected chi connectivity index (χ0v) is 14.4. The number of amides is 2. The highest BCUT2D eigenvalue weighted by molar-refractivity contribution is 5.96. The zero-order valence-electron chi connectivity index (χ0n) is 14.4. The maximum atomic E-state index is 12.4. The van der Waals surface area contributed by atoms with Crippen molar-refractivity contribution in [2.24, 2.45) is 0 Å². The Morgan fingerprint density at radius 3 is 2.28 bits per heavy atom. The number of carbonyl (C=O) groups excluding carboxylic acids is 2. The number of anilines is 1. The fourth-order valence-corrected chi connectivity index (χ4v) is 2.33. The summed E-state index contributed by atoms with van der Waals surface area (Å²) in [6.45, 7) is 2.22. The van der Waals surface area contributed by atoms with Crippen molar-refractivity contribution in [1.82, 2.24) is 5.32 Å². The van der Waals surface area contributed by atoms with Crippen molar-refractivity contribution < 1.29 is 14.3 Å². The number of para-hydroxylation sites is 1. The van der Waals surface area contributed by atoms with Crippen LogP contribution in [0.2, 0.25) is 0 Å². The van der Waals surface area contributed by atoms with Gasteiger partial charge < -0.3 is 15.4 Å². The number of nitrogens with one attached hydrogen (secondary N) is 2. The van der Waals surface area contributed by atoms with Gasteiger partial charge >= 0.3 is 6.09 Å². The van der Waals surface area contributed by atoms with Crippen LogP contribution in [0.3, 0.4) is 0 Å². The second-order valence-corrected chi connectivity index (χ2v) is 5.76. The van der Waals surface area contributed by atoms with Crippen LogP contribution in [0.15, 0.2) is 60.7 Å². The van der Waals surface area contributed by atoms with Gasteiger partial charge in [-0.1, -0.05) is 68.3 Å². The Morgan fingerprint density at radius 1 is 1.00 bits per heavy atom. The summed E-state index contributed by atoms with van der Waals surface area (Å²) >= 11 is 0. The van der Waals surface area contributed by atoms with Gasteiger partial charge in [0.1, 0.15) is 12.6 Å². The van der Waals surface area contributed by atoms with Gasteiger partial charge in [0.05, 0.1) is 0 Å². The first-order valence-corrected chi connectivity index (χ1v) is 8.52. The molecule has 0 aliphatic carbocycles. The van der Waals surface area contributed by atoms with Crippen LogP contribution in [0.4, 0.5) is 10.5 Å². The van der Waals surface area contributed by atoms with E-state index >= 15 is 0 Å². The minimum atomic E-state index is -0.622. The second kappa shape index (κ2) is 10.1. The maximum Gasteiger partial charge on any atom is 0.408 e. The summed E-state index contributed by atoms with van der Waals surface area (Å²) in [6.07, 6.45) is 1.75. The molecule has 0 saturated carbocycles. The number of benzene rings is 2. The fourth-order valence-electron chi connectivity index (χ4n) is 2.33. The smallest absolute Gasteiger partial charge is 0.408 e. The molecular formula is C20H24N2O3. The molecule has 0 bridgehead atoms. The van der Waals surface area contributed by atoms with Crippen molar-refractivity contribution in [2.45, 2.75) is 38.8 Å².